The molecule has 2 heterocycles. The maximum Gasteiger partial charge on any atom is 0.367 e. The van der Waals surface area contributed by atoms with Crippen molar-refractivity contribution in [1.29, 1.82) is 0 Å². The van der Waals surface area contributed by atoms with Crippen LogP contribution in [0.2, 0.25) is 5.02 Å². The van der Waals surface area contributed by atoms with Crippen LogP contribution in [0.4, 0.5) is 0 Å². The SMILES string of the molecule is Cc1c(C(=O)ON2C(=O)c3ccccc3C2=O)cnn1-c1ccc(Cl)cc1. The number of carbonyl (C=O) groups excluding carboxylic acids is 3. The van der Waals surface area contributed by atoms with Crippen LogP contribution in [-0.2, 0) is 4.84 Å². The molecule has 4 rings (SSSR count). The number of carbonyl (C=O) groups is 3. The Morgan fingerprint density at radius 3 is 2.19 bits per heavy atom. The minimum Gasteiger partial charge on any atom is -0.324 e. The van der Waals surface area contributed by atoms with Gasteiger partial charge in [0.05, 0.1) is 28.7 Å². The number of rotatable bonds is 3. The van der Waals surface area contributed by atoms with Gasteiger partial charge in [0.25, 0.3) is 11.8 Å². The van der Waals surface area contributed by atoms with E-state index in [0.717, 1.165) is 0 Å². The molecule has 0 saturated heterocycles. The smallest absolute Gasteiger partial charge is 0.324 e. The Labute approximate surface area is 158 Å². The van der Waals surface area contributed by atoms with Crippen molar-refractivity contribution < 1.29 is 19.2 Å². The molecule has 1 aliphatic heterocycles. The lowest BCUT2D eigenvalue weighted by Gasteiger charge is -2.12. The van der Waals surface area contributed by atoms with Crippen molar-refractivity contribution in [2.24, 2.45) is 0 Å². The summed E-state index contributed by atoms with van der Waals surface area (Å²) in [6.07, 6.45) is 1.32. The normalized spacial score (nSPS) is 13.0. The highest BCUT2D eigenvalue weighted by molar-refractivity contribution is 6.30. The number of hydrogen-bond acceptors (Lipinski definition) is 5. The van der Waals surface area contributed by atoms with Crippen LogP contribution < -0.4 is 0 Å². The van der Waals surface area contributed by atoms with E-state index in [1.54, 1.807) is 43.3 Å². The van der Waals surface area contributed by atoms with Crippen LogP contribution in [0.5, 0.6) is 0 Å². The van der Waals surface area contributed by atoms with Gasteiger partial charge in [0.2, 0.25) is 0 Å². The summed E-state index contributed by atoms with van der Waals surface area (Å²) >= 11 is 5.88. The van der Waals surface area contributed by atoms with E-state index in [2.05, 4.69) is 5.10 Å². The summed E-state index contributed by atoms with van der Waals surface area (Å²) in [7, 11) is 0. The Kier molecular flexibility index (Phi) is 4.01. The highest BCUT2D eigenvalue weighted by Crippen LogP contribution is 2.24. The highest BCUT2D eigenvalue weighted by atomic mass is 35.5. The van der Waals surface area contributed by atoms with E-state index < -0.39 is 17.8 Å². The minimum absolute atomic E-state index is 0.140. The zero-order chi connectivity index (χ0) is 19.1. The molecular formula is C19H12ClN3O4. The van der Waals surface area contributed by atoms with Gasteiger partial charge in [0, 0.05) is 5.02 Å². The second-order valence-electron chi connectivity index (χ2n) is 5.86. The van der Waals surface area contributed by atoms with E-state index in [1.807, 2.05) is 0 Å². The molecule has 0 fully saturated rings. The van der Waals surface area contributed by atoms with E-state index in [4.69, 9.17) is 16.4 Å². The summed E-state index contributed by atoms with van der Waals surface area (Å²) in [6, 6.07) is 13.2. The van der Waals surface area contributed by atoms with Gasteiger partial charge in [-0.1, -0.05) is 28.8 Å². The summed E-state index contributed by atoms with van der Waals surface area (Å²) in [5, 5.41) is 5.23. The average molecular weight is 382 g/mol. The molecule has 2 amide bonds. The molecule has 0 unspecified atom stereocenters. The summed E-state index contributed by atoms with van der Waals surface area (Å²) < 4.78 is 1.54. The maximum atomic E-state index is 12.5. The first-order valence-corrected chi connectivity index (χ1v) is 8.36. The first kappa shape index (κ1) is 17.0. The third-order valence-electron chi connectivity index (χ3n) is 4.23. The topological polar surface area (TPSA) is 81.5 Å². The number of hydroxylamine groups is 2. The molecule has 0 radical (unpaired) electrons. The van der Waals surface area contributed by atoms with Gasteiger partial charge >= 0.3 is 5.97 Å². The molecule has 0 N–H and O–H groups in total. The van der Waals surface area contributed by atoms with Crippen LogP contribution in [0.15, 0.2) is 54.7 Å². The minimum atomic E-state index is -0.845. The van der Waals surface area contributed by atoms with Crippen molar-refractivity contribution in [1.82, 2.24) is 14.8 Å². The fraction of sp³-hybridized carbons (Fsp3) is 0.0526. The zero-order valence-electron chi connectivity index (χ0n) is 14.0. The molecule has 3 aromatic rings. The summed E-state index contributed by atoms with van der Waals surface area (Å²) in [6.45, 7) is 1.68. The van der Waals surface area contributed by atoms with Crippen LogP contribution in [-0.4, -0.2) is 32.6 Å². The summed E-state index contributed by atoms with van der Waals surface area (Å²) in [5.74, 6) is -2.19. The van der Waals surface area contributed by atoms with Crippen LogP contribution in [0.25, 0.3) is 5.69 Å². The van der Waals surface area contributed by atoms with E-state index in [-0.39, 0.29) is 16.7 Å². The van der Waals surface area contributed by atoms with Crippen molar-refractivity contribution in [3.8, 4) is 5.69 Å². The predicted octanol–water partition coefficient (Wildman–Crippen LogP) is 3.20. The number of halogens is 1. The van der Waals surface area contributed by atoms with Crippen LogP contribution >= 0.6 is 11.6 Å². The Bertz CT molecular complexity index is 1050. The molecule has 8 heteroatoms. The number of hydrogen-bond donors (Lipinski definition) is 0. The van der Waals surface area contributed by atoms with Gasteiger partial charge in [-0.15, -0.1) is 0 Å². The third kappa shape index (κ3) is 2.78. The Hall–Kier alpha value is -3.45. The number of nitrogens with zero attached hydrogens (tertiary/aromatic N) is 3. The Morgan fingerprint density at radius 1 is 1.00 bits per heavy atom. The second-order valence-corrected chi connectivity index (χ2v) is 6.30. The fourth-order valence-electron chi connectivity index (χ4n) is 2.83. The molecule has 0 spiro atoms. The number of amides is 2. The molecule has 1 aliphatic rings. The van der Waals surface area contributed by atoms with Crippen molar-refractivity contribution in [3.05, 3.63) is 82.1 Å². The standard InChI is InChI=1S/C19H12ClN3O4/c1-11-16(10-21-22(11)13-8-6-12(20)7-9-13)19(26)27-23-17(24)14-4-2-3-5-15(14)18(23)25/h2-10H,1H3. The number of imide groups is 1. The first-order valence-electron chi connectivity index (χ1n) is 7.98. The molecule has 0 atom stereocenters. The highest BCUT2D eigenvalue weighted by Gasteiger charge is 2.39. The molecule has 2 aromatic carbocycles. The van der Waals surface area contributed by atoms with Crippen molar-refractivity contribution in [3.63, 3.8) is 0 Å². The largest absolute Gasteiger partial charge is 0.367 e. The van der Waals surface area contributed by atoms with Gasteiger partial charge in [0.15, 0.2) is 0 Å². The lowest BCUT2D eigenvalue weighted by Crippen LogP contribution is -2.32. The Morgan fingerprint density at radius 2 is 1.59 bits per heavy atom. The quantitative estimate of drug-likeness (QED) is 0.651. The molecule has 27 heavy (non-hydrogen) atoms. The van der Waals surface area contributed by atoms with E-state index in [0.29, 0.717) is 21.5 Å². The lowest BCUT2D eigenvalue weighted by molar-refractivity contribution is -0.0585. The van der Waals surface area contributed by atoms with E-state index >= 15 is 0 Å². The van der Waals surface area contributed by atoms with Crippen molar-refractivity contribution in [2.45, 2.75) is 6.92 Å². The van der Waals surface area contributed by atoms with Crippen LogP contribution in [0.1, 0.15) is 36.8 Å². The molecule has 7 nitrogen and oxygen atoms in total. The second kappa shape index (κ2) is 6.37. The molecule has 0 aliphatic carbocycles. The van der Waals surface area contributed by atoms with Gasteiger partial charge < -0.3 is 4.84 Å². The Balaban J connectivity index is 1.59. The van der Waals surface area contributed by atoms with Gasteiger partial charge in [-0.2, -0.15) is 5.10 Å². The third-order valence-corrected chi connectivity index (χ3v) is 4.48. The van der Waals surface area contributed by atoms with E-state index in [9.17, 15) is 14.4 Å². The summed E-state index contributed by atoms with van der Waals surface area (Å²) in [4.78, 5) is 42.2. The molecular weight excluding hydrogens is 370 g/mol. The molecule has 0 saturated carbocycles. The van der Waals surface area contributed by atoms with Crippen molar-refractivity contribution in [2.75, 3.05) is 0 Å². The van der Waals surface area contributed by atoms with Crippen LogP contribution in [0.3, 0.4) is 0 Å². The molecule has 0 bridgehead atoms. The van der Waals surface area contributed by atoms with Gasteiger partial charge in [0.1, 0.15) is 5.56 Å². The monoisotopic (exact) mass is 381 g/mol. The lowest BCUT2D eigenvalue weighted by atomic mass is 10.1. The molecule has 134 valence electrons. The zero-order valence-corrected chi connectivity index (χ0v) is 14.8. The predicted molar refractivity (Wildman–Crippen MR) is 95.7 cm³/mol. The number of fused-ring (bicyclic) bond motifs is 1. The summed E-state index contributed by atoms with van der Waals surface area (Å²) in [5.41, 5.74) is 1.74. The van der Waals surface area contributed by atoms with Crippen molar-refractivity contribution >= 4 is 29.4 Å². The van der Waals surface area contributed by atoms with E-state index in [1.165, 1.54) is 23.0 Å². The molecule has 1 aromatic heterocycles. The fourth-order valence-corrected chi connectivity index (χ4v) is 2.96. The first-order chi connectivity index (χ1) is 13.0. The maximum absolute atomic E-state index is 12.5. The van der Waals surface area contributed by atoms with Gasteiger partial charge in [-0.05, 0) is 43.3 Å². The number of aromatic nitrogens is 2. The van der Waals surface area contributed by atoms with Gasteiger partial charge in [-0.3, -0.25) is 9.59 Å². The van der Waals surface area contributed by atoms with Crippen LogP contribution in [0, 0.1) is 6.92 Å². The number of benzene rings is 2. The average Bonchev–Trinajstić information content (AvgIpc) is 3.16. The van der Waals surface area contributed by atoms with Gasteiger partial charge in [-0.25, -0.2) is 9.48 Å².